The molecular weight excluding hydrogens is 378 g/mol. The van der Waals surface area contributed by atoms with Crippen molar-refractivity contribution in [2.45, 2.75) is 30.5 Å². The van der Waals surface area contributed by atoms with Crippen LogP contribution in [0.1, 0.15) is 19.3 Å². The van der Waals surface area contributed by atoms with Gasteiger partial charge in [-0.15, -0.1) is 0 Å². The molecule has 2 aromatic carbocycles. The van der Waals surface area contributed by atoms with Crippen LogP contribution in [0.2, 0.25) is 0 Å². The number of hydrogen-bond donors (Lipinski definition) is 0. The highest BCUT2D eigenvalue weighted by atomic mass is 32.2. The molecule has 1 atom stereocenters. The fourth-order valence-corrected chi connectivity index (χ4v) is 4.34. The third-order valence-electron chi connectivity index (χ3n) is 4.74. The highest BCUT2D eigenvalue weighted by Gasteiger charge is 2.18. The number of hydrogen-bond acceptors (Lipinski definition) is 6. The molecule has 144 valence electrons. The second kappa shape index (κ2) is 8.12. The van der Waals surface area contributed by atoms with Crippen LogP contribution >= 0.6 is 11.8 Å². The maximum atomic E-state index is 13.2. The normalized spacial score (nSPS) is 16.9. The molecule has 0 aliphatic carbocycles. The molecule has 8 heteroatoms. The van der Waals surface area contributed by atoms with E-state index in [9.17, 15) is 14.9 Å². The van der Waals surface area contributed by atoms with Crippen molar-refractivity contribution in [2.24, 2.45) is 0 Å². The van der Waals surface area contributed by atoms with E-state index < -0.39 is 4.92 Å². The quantitative estimate of drug-likeness (QED) is 0.280. The van der Waals surface area contributed by atoms with Gasteiger partial charge in [-0.05, 0) is 43.5 Å². The Morgan fingerprint density at radius 3 is 2.68 bits per heavy atom. The molecule has 28 heavy (non-hydrogen) atoms. The number of non-ortho nitro benzene ring substituents is 1. The Morgan fingerprint density at radius 1 is 1.18 bits per heavy atom. The summed E-state index contributed by atoms with van der Waals surface area (Å²) in [5, 5.41) is 12.0. The summed E-state index contributed by atoms with van der Waals surface area (Å²) in [6.07, 6.45) is 3.38. The van der Waals surface area contributed by atoms with Crippen LogP contribution in [0.15, 0.2) is 58.5 Å². The zero-order valence-electron chi connectivity index (χ0n) is 15.1. The summed E-state index contributed by atoms with van der Waals surface area (Å²) < 4.78 is 7.32. The molecule has 0 spiro atoms. The zero-order chi connectivity index (χ0) is 19.5. The average Bonchev–Trinajstić information content (AvgIpc) is 2.73. The lowest BCUT2D eigenvalue weighted by molar-refractivity contribution is -0.384. The van der Waals surface area contributed by atoms with Crippen LogP contribution in [0.25, 0.3) is 16.6 Å². The summed E-state index contributed by atoms with van der Waals surface area (Å²) in [7, 11) is 0. The van der Waals surface area contributed by atoms with Gasteiger partial charge in [0.1, 0.15) is 0 Å². The lowest BCUT2D eigenvalue weighted by Gasteiger charge is -2.22. The lowest BCUT2D eigenvalue weighted by Crippen LogP contribution is -2.24. The molecule has 1 saturated heterocycles. The summed E-state index contributed by atoms with van der Waals surface area (Å²) >= 11 is 1.48. The van der Waals surface area contributed by atoms with Gasteiger partial charge in [-0.2, -0.15) is 0 Å². The molecule has 2 heterocycles. The number of thioether (sulfide) groups is 1. The molecule has 0 bridgehead atoms. The van der Waals surface area contributed by atoms with Crippen molar-refractivity contribution in [3.8, 4) is 5.69 Å². The zero-order valence-corrected chi connectivity index (χ0v) is 15.9. The van der Waals surface area contributed by atoms with Gasteiger partial charge < -0.3 is 4.74 Å². The second-order valence-electron chi connectivity index (χ2n) is 6.63. The molecule has 1 fully saturated rings. The van der Waals surface area contributed by atoms with E-state index in [0.717, 1.165) is 25.9 Å². The summed E-state index contributed by atoms with van der Waals surface area (Å²) in [6.45, 7) is 0.769. The molecule has 0 unspecified atom stereocenters. The third-order valence-corrected chi connectivity index (χ3v) is 5.81. The van der Waals surface area contributed by atoms with Crippen LogP contribution in [0, 0.1) is 10.1 Å². The highest BCUT2D eigenvalue weighted by molar-refractivity contribution is 7.99. The van der Waals surface area contributed by atoms with Gasteiger partial charge in [0.2, 0.25) is 0 Å². The average molecular weight is 397 g/mol. The summed E-state index contributed by atoms with van der Waals surface area (Å²) in [5.74, 6) is 0.706. The largest absolute Gasteiger partial charge is 0.377 e. The van der Waals surface area contributed by atoms with Crippen LogP contribution < -0.4 is 5.56 Å². The maximum Gasteiger partial charge on any atom is 0.269 e. The van der Waals surface area contributed by atoms with E-state index in [1.54, 1.807) is 24.3 Å². The fourth-order valence-electron chi connectivity index (χ4n) is 3.27. The minimum Gasteiger partial charge on any atom is -0.377 e. The van der Waals surface area contributed by atoms with Crippen LogP contribution in [-0.2, 0) is 4.74 Å². The number of benzene rings is 2. The van der Waals surface area contributed by atoms with Gasteiger partial charge in [-0.1, -0.05) is 23.9 Å². The Labute approximate surface area is 165 Å². The second-order valence-corrected chi connectivity index (χ2v) is 7.61. The molecule has 0 saturated carbocycles. The van der Waals surface area contributed by atoms with Gasteiger partial charge in [0.25, 0.3) is 11.2 Å². The Hall–Kier alpha value is -2.71. The maximum absolute atomic E-state index is 13.2. The van der Waals surface area contributed by atoms with E-state index in [1.807, 2.05) is 12.1 Å². The molecule has 4 rings (SSSR count). The van der Waals surface area contributed by atoms with Crippen molar-refractivity contribution in [3.63, 3.8) is 0 Å². The fraction of sp³-hybridized carbons (Fsp3) is 0.300. The predicted molar refractivity (Wildman–Crippen MR) is 108 cm³/mol. The van der Waals surface area contributed by atoms with E-state index in [0.29, 0.717) is 27.5 Å². The van der Waals surface area contributed by atoms with Gasteiger partial charge >= 0.3 is 0 Å². The molecule has 1 aliphatic heterocycles. The van der Waals surface area contributed by atoms with Crippen molar-refractivity contribution in [1.82, 2.24) is 9.55 Å². The Kier molecular flexibility index (Phi) is 5.40. The van der Waals surface area contributed by atoms with Crippen molar-refractivity contribution in [1.29, 1.82) is 0 Å². The van der Waals surface area contributed by atoms with E-state index in [4.69, 9.17) is 9.72 Å². The topological polar surface area (TPSA) is 87.3 Å². The molecular formula is C20H19N3O4S. The van der Waals surface area contributed by atoms with Gasteiger partial charge in [0, 0.05) is 24.5 Å². The van der Waals surface area contributed by atoms with Gasteiger partial charge in [0.05, 0.1) is 27.6 Å². The van der Waals surface area contributed by atoms with Crippen molar-refractivity contribution < 1.29 is 9.66 Å². The molecule has 0 amide bonds. The van der Waals surface area contributed by atoms with E-state index in [-0.39, 0.29) is 17.4 Å². The first-order valence-corrected chi connectivity index (χ1v) is 10.1. The monoisotopic (exact) mass is 397 g/mol. The first-order valence-electron chi connectivity index (χ1n) is 9.14. The number of ether oxygens (including phenoxy) is 1. The standard InChI is InChI=1S/C20H19N3O4S/c24-19-17-6-1-2-7-18(17)21-20(28-13-16-5-3-4-12-27-16)22(19)14-8-10-15(11-9-14)23(25)26/h1-2,6-11,16H,3-5,12-13H2/t16-/m0/s1. The number of nitro groups is 1. The van der Waals surface area contributed by atoms with Crippen molar-refractivity contribution in [2.75, 3.05) is 12.4 Å². The van der Waals surface area contributed by atoms with Crippen molar-refractivity contribution >= 4 is 28.4 Å². The van der Waals surface area contributed by atoms with E-state index in [1.165, 1.54) is 28.5 Å². The number of rotatable bonds is 5. The molecule has 0 radical (unpaired) electrons. The highest BCUT2D eigenvalue weighted by Crippen LogP contribution is 2.26. The smallest absolute Gasteiger partial charge is 0.269 e. The molecule has 0 N–H and O–H groups in total. The third kappa shape index (κ3) is 3.79. The van der Waals surface area contributed by atoms with Gasteiger partial charge in [0.15, 0.2) is 5.16 Å². The predicted octanol–water partition coefficient (Wildman–Crippen LogP) is 3.96. The summed E-state index contributed by atoms with van der Waals surface area (Å²) in [6, 6.07) is 13.2. The Balaban J connectivity index is 1.76. The lowest BCUT2D eigenvalue weighted by atomic mass is 10.1. The summed E-state index contributed by atoms with van der Waals surface area (Å²) in [4.78, 5) is 28.3. The van der Waals surface area contributed by atoms with Gasteiger partial charge in [-0.25, -0.2) is 4.98 Å². The minimum absolute atomic E-state index is 0.0182. The number of nitro benzene ring substituents is 1. The van der Waals surface area contributed by atoms with Crippen LogP contribution in [-0.4, -0.2) is 32.9 Å². The number of nitrogens with zero attached hydrogens (tertiary/aromatic N) is 3. The van der Waals surface area contributed by atoms with E-state index >= 15 is 0 Å². The molecule has 1 aromatic heterocycles. The van der Waals surface area contributed by atoms with Crippen LogP contribution in [0.4, 0.5) is 5.69 Å². The summed E-state index contributed by atoms with van der Waals surface area (Å²) in [5.41, 5.74) is 0.987. The Morgan fingerprint density at radius 2 is 1.96 bits per heavy atom. The van der Waals surface area contributed by atoms with Crippen LogP contribution in [0.5, 0.6) is 0 Å². The van der Waals surface area contributed by atoms with E-state index in [2.05, 4.69) is 0 Å². The number of fused-ring (bicyclic) bond motifs is 1. The Bertz CT molecular complexity index is 1060. The number of para-hydroxylation sites is 1. The molecule has 7 nitrogen and oxygen atoms in total. The molecule has 1 aliphatic rings. The SMILES string of the molecule is O=c1c2ccccc2nc(SC[C@@H]2CCCCO2)n1-c1ccc([N+](=O)[O-])cc1. The van der Waals surface area contributed by atoms with Crippen LogP contribution in [0.3, 0.4) is 0 Å². The first-order chi connectivity index (χ1) is 13.6. The number of aromatic nitrogens is 2. The van der Waals surface area contributed by atoms with Crippen molar-refractivity contribution in [3.05, 3.63) is 69.0 Å². The first kappa shape index (κ1) is 18.6. The van der Waals surface area contributed by atoms with Gasteiger partial charge in [-0.3, -0.25) is 19.5 Å². The minimum atomic E-state index is -0.457. The molecule has 3 aromatic rings.